The van der Waals surface area contributed by atoms with Crippen LogP contribution in [0.4, 0.5) is 0 Å². The SMILES string of the molecule is CNCc1cn2cc(C(=O)OC)ccc2n1. The van der Waals surface area contributed by atoms with Gasteiger partial charge in [-0.1, -0.05) is 0 Å². The molecule has 5 heteroatoms. The van der Waals surface area contributed by atoms with Gasteiger partial charge < -0.3 is 14.5 Å². The number of imidazole rings is 1. The molecule has 0 aromatic carbocycles. The van der Waals surface area contributed by atoms with Crippen LogP contribution in [0.3, 0.4) is 0 Å². The van der Waals surface area contributed by atoms with Gasteiger partial charge in [-0.15, -0.1) is 0 Å². The molecule has 0 aliphatic rings. The number of nitrogens with one attached hydrogen (secondary N) is 1. The summed E-state index contributed by atoms with van der Waals surface area (Å²) in [5.74, 6) is -0.342. The molecule has 0 radical (unpaired) electrons. The molecule has 2 rings (SSSR count). The minimum atomic E-state index is -0.342. The van der Waals surface area contributed by atoms with Crippen LogP contribution in [0.25, 0.3) is 5.65 Å². The van der Waals surface area contributed by atoms with E-state index >= 15 is 0 Å². The van der Waals surface area contributed by atoms with Crippen LogP contribution >= 0.6 is 0 Å². The molecule has 0 aliphatic carbocycles. The fourth-order valence-corrected chi connectivity index (χ4v) is 1.55. The van der Waals surface area contributed by atoms with Gasteiger partial charge in [-0.3, -0.25) is 0 Å². The van der Waals surface area contributed by atoms with E-state index < -0.39 is 0 Å². The Kier molecular flexibility index (Phi) is 2.87. The van der Waals surface area contributed by atoms with Crippen LogP contribution in [0.15, 0.2) is 24.5 Å². The van der Waals surface area contributed by atoms with Gasteiger partial charge in [0.15, 0.2) is 0 Å². The van der Waals surface area contributed by atoms with Crippen molar-refractivity contribution in [3.63, 3.8) is 0 Å². The number of carbonyl (C=O) groups excluding carboxylic acids is 1. The van der Waals surface area contributed by atoms with Gasteiger partial charge in [0.05, 0.1) is 18.4 Å². The fraction of sp³-hybridized carbons (Fsp3) is 0.273. The van der Waals surface area contributed by atoms with E-state index in [4.69, 9.17) is 0 Å². The number of carbonyl (C=O) groups is 1. The average Bonchev–Trinajstić information content (AvgIpc) is 2.69. The third kappa shape index (κ3) is 1.90. The lowest BCUT2D eigenvalue weighted by atomic mass is 10.3. The number of fused-ring (bicyclic) bond motifs is 1. The Hall–Kier alpha value is -1.88. The van der Waals surface area contributed by atoms with E-state index in [1.54, 1.807) is 18.3 Å². The molecule has 0 saturated carbocycles. The molecule has 0 unspecified atom stereocenters. The first kappa shape index (κ1) is 10.6. The van der Waals surface area contributed by atoms with Crippen LogP contribution in [0.5, 0.6) is 0 Å². The van der Waals surface area contributed by atoms with Gasteiger partial charge in [0.2, 0.25) is 0 Å². The third-order valence-corrected chi connectivity index (χ3v) is 2.28. The van der Waals surface area contributed by atoms with Crippen molar-refractivity contribution in [2.75, 3.05) is 14.2 Å². The standard InChI is InChI=1S/C11H13N3O2/c1-12-5-9-7-14-6-8(11(15)16-2)3-4-10(14)13-9/h3-4,6-7,12H,5H2,1-2H3. The summed E-state index contributed by atoms with van der Waals surface area (Å²) >= 11 is 0. The normalized spacial score (nSPS) is 10.6. The lowest BCUT2D eigenvalue weighted by molar-refractivity contribution is 0.0600. The monoisotopic (exact) mass is 219 g/mol. The van der Waals surface area contributed by atoms with Crippen LogP contribution < -0.4 is 5.32 Å². The van der Waals surface area contributed by atoms with Crippen LogP contribution in [0.2, 0.25) is 0 Å². The molecule has 2 aromatic rings. The van der Waals surface area contributed by atoms with Gasteiger partial charge >= 0.3 is 5.97 Å². The summed E-state index contributed by atoms with van der Waals surface area (Å²) in [5, 5.41) is 3.03. The summed E-state index contributed by atoms with van der Waals surface area (Å²) in [6, 6.07) is 3.50. The molecule has 0 saturated heterocycles. The number of aromatic nitrogens is 2. The average molecular weight is 219 g/mol. The van der Waals surface area contributed by atoms with E-state index in [-0.39, 0.29) is 5.97 Å². The second-order valence-corrected chi connectivity index (χ2v) is 3.44. The number of hydrogen-bond donors (Lipinski definition) is 1. The smallest absolute Gasteiger partial charge is 0.339 e. The predicted octanol–water partition coefficient (Wildman–Crippen LogP) is 0.840. The summed E-state index contributed by atoms with van der Waals surface area (Å²) in [6.45, 7) is 0.704. The zero-order valence-electron chi connectivity index (χ0n) is 9.23. The Morgan fingerprint density at radius 2 is 2.31 bits per heavy atom. The number of nitrogens with zero attached hydrogens (tertiary/aromatic N) is 2. The third-order valence-electron chi connectivity index (χ3n) is 2.28. The van der Waals surface area contributed by atoms with Crippen molar-refractivity contribution >= 4 is 11.6 Å². The molecular formula is C11H13N3O2. The zero-order valence-corrected chi connectivity index (χ0v) is 9.23. The van der Waals surface area contributed by atoms with Crippen molar-refractivity contribution in [3.05, 3.63) is 35.8 Å². The summed E-state index contributed by atoms with van der Waals surface area (Å²) in [6.07, 6.45) is 3.60. The number of pyridine rings is 1. The van der Waals surface area contributed by atoms with E-state index in [1.807, 2.05) is 17.6 Å². The van der Waals surface area contributed by atoms with E-state index in [9.17, 15) is 4.79 Å². The Morgan fingerprint density at radius 1 is 1.50 bits per heavy atom. The quantitative estimate of drug-likeness (QED) is 0.777. The minimum Gasteiger partial charge on any atom is -0.465 e. The van der Waals surface area contributed by atoms with Gasteiger partial charge in [0, 0.05) is 18.9 Å². The molecule has 0 bridgehead atoms. The summed E-state index contributed by atoms with van der Waals surface area (Å²) in [4.78, 5) is 15.7. The molecule has 2 heterocycles. The molecule has 0 spiro atoms. The minimum absolute atomic E-state index is 0.342. The van der Waals surface area contributed by atoms with Crippen molar-refractivity contribution in [1.82, 2.24) is 14.7 Å². The molecule has 16 heavy (non-hydrogen) atoms. The van der Waals surface area contributed by atoms with Gasteiger partial charge in [0.25, 0.3) is 0 Å². The van der Waals surface area contributed by atoms with Crippen molar-refractivity contribution in [3.8, 4) is 0 Å². The zero-order chi connectivity index (χ0) is 11.5. The molecule has 0 fully saturated rings. The van der Waals surface area contributed by atoms with E-state index in [0.717, 1.165) is 11.3 Å². The van der Waals surface area contributed by atoms with Gasteiger partial charge in [-0.05, 0) is 19.2 Å². The lowest BCUT2D eigenvalue weighted by Crippen LogP contribution is -2.04. The van der Waals surface area contributed by atoms with E-state index in [2.05, 4.69) is 15.0 Å². The summed E-state index contributed by atoms with van der Waals surface area (Å²) in [5.41, 5.74) is 2.27. The van der Waals surface area contributed by atoms with Crippen molar-refractivity contribution < 1.29 is 9.53 Å². The molecule has 5 nitrogen and oxygen atoms in total. The first-order valence-electron chi connectivity index (χ1n) is 4.95. The molecular weight excluding hydrogens is 206 g/mol. The molecule has 1 N–H and O–H groups in total. The summed E-state index contributed by atoms with van der Waals surface area (Å²) < 4.78 is 6.47. The highest BCUT2D eigenvalue weighted by molar-refractivity contribution is 5.89. The Bertz CT molecular complexity index is 519. The van der Waals surface area contributed by atoms with Gasteiger partial charge in [-0.25, -0.2) is 9.78 Å². The maximum Gasteiger partial charge on any atom is 0.339 e. The number of methoxy groups -OCH3 is 1. The second kappa shape index (κ2) is 4.32. The Balaban J connectivity index is 2.41. The van der Waals surface area contributed by atoms with Crippen molar-refractivity contribution in [2.45, 2.75) is 6.54 Å². The highest BCUT2D eigenvalue weighted by Gasteiger charge is 2.07. The highest BCUT2D eigenvalue weighted by atomic mass is 16.5. The van der Waals surface area contributed by atoms with Crippen molar-refractivity contribution in [1.29, 1.82) is 0 Å². The number of hydrogen-bond acceptors (Lipinski definition) is 4. The maximum absolute atomic E-state index is 11.3. The molecule has 2 aromatic heterocycles. The Morgan fingerprint density at radius 3 is 3.00 bits per heavy atom. The largest absolute Gasteiger partial charge is 0.465 e. The van der Waals surface area contributed by atoms with Gasteiger partial charge in [-0.2, -0.15) is 0 Å². The van der Waals surface area contributed by atoms with E-state index in [0.29, 0.717) is 12.1 Å². The highest BCUT2D eigenvalue weighted by Crippen LogP contribution is 2.08. The first-order valence-corrected chi connectivity index (χ1v) is 4.95. The maximum atomic E-state index is 11.3. The van der Waals surface area contributed by atoms with Gasteiger partial charge in [0.1, 0.15) is 5.65 Å². The van der Waals surface area contributed by atoms with Crippen LogP contribution in [-0.2, 0) is 11.3 Å². The van der Waals surface area contributed by atoms with Crippen LogP contribution in [-0.4, -0.2) is 29.5 Å². The topological polar surface area (TPSA) is 55.6 Å². The van der Waals surface area contributed by atoms with Crippen LogP contribution in [0, 0.1) is 0 Å². The first-order chi connectivity index (χ1) is 7.74. The molecule has 0 amide bonds. The molecule has 0 aliphatic heterocycles. The predicted molar refractivity (Wildman–Crippen MR) is 59.3 cm³/mol. The number of esters is 1. The summed E-state index contributed by atoms with van der Waals surface area (Å²) in [7, 11) is 3.23. The number of rotatable bonds is 3. The molecule has 0 atom stereocenters. The van der Waals surface area contributed by atoms with Crippen molar-refractivity contribution in [2.24, 2.45) is 0 Å². The Labute approximate surface area is 93.1 Å². The van der Waals surface area contributed by atoms with Crippen LogP contribution in [0.1, 0.15) is 16.1 Å². The molecule has 84 valence electrons. The number of ether oxygens (including phenoxy) is 1. The van der Waals surface area contributed by atoms with E-state index in [1.165, 1.54) is 7.11 Å². The fourth-order valence-electron chi connectivity index (χ4n) is 1.55. The lowest BCUT2D eigenvalue weighted by Gasteiger charge is -1.99. The second-order valence-electron chi connectivity index (χ2n) is 3.44.